The highest BCUT2D eigenvalue weighted by atomic mass is 32.2. The van der Waals surface area contributed by atoms with E-state index in [0.29, 0.717) is 16.5 Å². The molecule has 2 heterocycles. The molecule has 0 spiro atoms. The van der Waals surface area contributed by atoms with Gasteiger partial charge in [-0.3, -0.25) is 4.21 Å². The minimum atomic E-state index is -1.30. The largest absolute Gasteiger partial charge is 0.497 e. The number of benzene rings is 2. The topological polar surface area (TPSA) is 52.1 Å². The number of fused-ring (bicyclic) bond motifs is 1. The van der Waals surface area contributed by atoms with E-state index in [1.807, 2.05) is 66.0 Å². The van der Waals surface area contributed by atoms with E-state index in [1.165, 1.54) is 0 Å². The zero-order valence-corrected chi connectivity index (χ0v) is 15.7. The molecule has 0 amide bonds. The number of methoxy groups -OCH3 is 1. The second-order valence-corrected chi connectivity index (χ2v) is 8.00. The molecule has 130 valence electrons. The number of para-hydroxylation sites is 2. The lowest BCUT2D eigenvalue weighted by Crippen LogP contribution is -2.04. The molecule has 0 bridgehead atoms. The third kappa shape index (κ3) is 3.38. The summed E-state index contributed by atoms with van der Waals surface area (Å²) in [6.07, 6.45) is 0. The first-order valence-corrected chi connectivity index (χ1v) is 10.3. The van der Waals surface area contributed by atoms with Crippen LogP contribution < -0.4 is 4.74 Å². The lowest BCUT2D eigenvalue weighted by molar-refractivity contribution is 0.414. The first-order chi connectivity index (χ1) is 12.7. The summed E-state index contributed by atoms with van der Waals surface area (Å²) < 4.78 is 18.3. The van der Waals surface area contributed by atoms with Gasteiger partial charge in [-0.2, -0.15) is 0 Å². The number of hydrogen-bond donors (Lipinski definition) is 0. The Kier molecular flexibility index (Phi) is 4.77. The zero-order valence-electron chi connectivity index (χ0n) is 14.1. The van der Waals surface area contributed by atoms with E-state index in [1.54, 1.807) is 18.4 Å². The van der Waals surface area contributed by atoms with Crippen LogP contribution in [0.4, 0.5) is 0 Å². The average Bonchev–Trinajstić information content (AvgIpc) is 3.22. The average molecular weight is 380 g/mol. The van der Waals surface area contributed by atoms with E-state index in [2.05, 4.69) is 4.98 Å². The van der Waals surface area contributed by atoms with Crippen molar-refractivity contribution in [3.63, 3.8) is 0 Å². The summed E-state index contributed by atoms with van der Waals surface area (Å²) in [6, 6.07) is 19.2. The highest BCUT2D eigenvalue weighted by Crippen LogP contribution is 2.30. The van der Waals surface area contributed by atoms with Crippen LogP contribution in [0, 0.1) is 0 Å². The molecular formula is C20H16N2O2S2. The molecule has 0 radical (unpaired) electrons. The van der Waals surface area contributed by atoms with Crippen molar-refractivity contribution in [3.8, 4) is 16.3 Å². The summed E-state index contributed by atoms with van der Waals surface area (Å²) in [5.74, 6) is 1.17. The lowest BCUT2D eigenvalue weighted by atomic mass is 10.2. The van der Waals surface area contributed by atoms with Crippen LogP contribution in [-0.4, -0.2) is 21.3 Å². The third-order valence-electron chi connectivity index (χ3n) is 3.97. The summed E-state index contributed by atoms with van der Waals surface area (Å²) in [5, 5.41) is 2.52. The predicted octanol–water partition coefficient (Wildman–Crippen LogP) is 4.67. The number of nitrogens with zero attached hydrogens (tertiary/aromatic N) is 2. The first kappa shape index (κ1) is 16.9. The summed E-state index contributed by atoms with van der Waals surface area (Å²) in [4.78, 5) is 10.4. The first-order valence-electron chi connectivity index (χ1n) is 8.06. The molecule has 0 aliphatic carbocycles. The fourth-order valence-electron chi connectivity index (χ4n) is 2.66. The van der Waals surface area contributed by atoms with E-state index < -0.39 is 10.8 Å². The second-order valence-electron chi connectivity index (χ2n) is 5.68. The van der Waals surface area contributed by atoms with Gasteiger partial charge in [0.1, 0.15) is 11.4 Å². The van der Waals surface area contributed by atoms with Crippen molar-refractivity contribution in [1.82, 2.24) is 9.97 Å². The van der Waals surface area contributed by atoms with Gasteiger partial charge in [0, 0.05) is 0 Å². The lowest BCUT2D eigenvalue weighted by Gasteiger charge is -2.09. The second kappa shape index (κ2) is 7.35. The van der Waals surface area contributed by atoms with Crippen molar-refractivity contribution in [2.24, 2.45) is 0 Å². The number of ether oxygens (including phenoxy) is 1. The molecule has 0 fully saturated rings. The maximum atomic E-state index is 13.1. The van der Waals surface area contributed by atoms with Crippen LogP contribution in [0.1, 0.15) is 5.56 Å². The maximum absolute atomic E-state index is 13.1. The third-order valence-corrected chi connectivity index (χ3v) is 6.15. The van der Waals surface area contributed by atoms with Crippen molar-refractivity contribution in [2.75, 3.05) is 7.11 Å². The summed E-state index contributed by atoms with van der Waals surface area (Å²) in [5.41, 5.74) is 3.23. The van der Waals surface area contributed by atoms with Crippen molar-refractivity contribution in [1.29, 1.82) is 0 Å². The van der Waals surface area contributed by atoms with Gasteiger partial charge in [-0.25, -0.2) is 9.97 Å². The Balaban J connectivity index is 1.75. The number of aromatic nitrogens is 2. The van der Waals surface area contributed by atoms with Gasteiger partial charge in [0.25, 0.3) is 0 Å². The Bertz CT molecular complexity index is 1060. The van der Waals surface area contributed by atoms with Gasteiger partial charge in [0.15, 0.2) is 5.03 Å². The maximum Gasteiger partial charge on any atom is 0.155 e. The van der Waals surface area contributed by atoms with Gasteiger partial charge in [0.05, 0.1) is 39.6 Å². The van der Waals surface area contributed by atoms with Crippen molar-refractivity contribution >= 4 is 33.2 Å². The number of rotatable bonds is 5. The highest BCUT2D eigenvalue weighted by Gasteiger charge is 2.18. The molecule has 4 aromatic rings. The highest BCUT2D eigenvalue weighted by molar-refractivity contribution is 7.84. The normalized spacial score (nSPS) is 12.2. The molecule has 0 N–H and O–H groups in total. The van der Waals surface area contributed by atoms with Gasteiger partial charge >= 0.3 is 0 Å². The summed E-state index contributed by atoms with van der Waals surface area (Å²) in [7, 11) is 0.327. The SMILES string of the molecule is COc1ccc(CS(=O)c2nc3ccccc3nc2-c2cccs2)cc1. The van der Waals surface area contributed by atoms with Crippen LogP contribution in [0.25, 0.3) is 21.6 Å². The molecule has 1 atom stereocenters. The van der Waals surface area contributed by atoms with E-state index in [-0.39, 0.29) is 0 Å². The van der Waals surface area contributed by atoms with Crippen LogP contribution in [-0.2, 0) is 16.6 Å². The van der Waals surface area contributed by atoms with Gasteiger partial charge < -0.3 is 4.74 Å². The molecule has 0 aliphatic heterocycles. The van der Waals surface area contributed by atoms with Gasteiger partial charge in [0.2, 0.25) is 0 Å². The van der Waals surface area contributed by atoms with Crippen molar-refractivity contribution in [3.05, 3.63) is 71.6 Å². The standard InChI is InChI=1S/C20H16N2O2S2/c1-24-15-10-8-14(9-11-15)13-26(23)20-19(18-7-4-12-25-18)21-16-5-2-3-6-17(16)22-20/h2-12H,13H2,1H3. The Morgan fingerprint density at radius 2 is 1.69 bits per heavy atom. The Hall–Kier alpha value is -2.57. The molecule has 0 saturated heterocycles. The Labute approximate surface area is 158 Å². The van der Waals surface area contributed by atoms with E-state index in [4.69, 9.17) is 9.72 Å². The van der Waals surface area contributed by atoms with Crippen molar-refractivity contribution in [2.45, 2.75) is 10.8 Å². The van der Waals surface area contributed by atoms with Crippen molar-refractivity contribution < 1.29 is 8.95 Å². The molecule has 1 unspecified atom stereocenters. The fourth-order valence-corrected chi connectivity index (χ4v) is 4.64. The summed E-state index contributed by atoms with van der Waals surface area (Å²) in [6.45, 7) is 0. The van der Waals surface area contributed by atoms with Gasteiger partial charge in [-0.15, -0.1) is 11.3 Å². The van der Waals surface area contributed by atoms with Gasteiger partial charge in [-0.1, -0.05) is 30.3 Å². The minimum absolute atomic E-state index is 0.384. The summed E-state index contributed by atoms with van der Waals surface area (Å²) >= 11 is 1.57. The number of thiophene rings is 1. The quantitative estimate of drug-likeness (QED) is 0.505. The smallest absolute Gasteiger partial charge is 0.155 e. The van der Waals surface area contributed by atoms with Crippen LogP contribution in [0.15, 0.2) is 71.1 Å². The predicted molar refractivity (Wildman–Crippen MR) is 106 cm³/mol. The minimum Gasteiger partial charge on any atom is -0.497 e. The van der Waals surface area contributed by atoms with Crippen LogP contribution in [0.2, 0.25) is 0 Å². The molecule has 4 rings (SSSR count). The molecule has 4 nitrogen and oxygen atoms in total. The fraction of sp³-hybridized carbons (Fsp3) is 0.100. The van der Waals surface area contributed by atoms with Crippen LogP contribution >= 0.6 is 11.3 Å². The Morgan fingerprint density at radius 1 is 0.962 bits per heavy atom. The van der Waals surface area contributed by atoms with E-state index in [9.17, 15) is 4.21 Å². The molecule has 26 heavy (non-hydrogen) atoms. The van der Waals surface area contributed by atoms with Crippen LogP contribution in [0.3, 0.4) is 0 Å². The molecular weight excluding hydrogens is 364 g/mol. The Morgan fingerprint density at radius 3 is 2.35 bits per heavy atom. The molecule has 0 aliphatic rings. The van der Waals surface area contributed by atoms with E-state index in [0.717, 1.165) is 27.2 Å². The zero-order chi connectivity index (χ0) is 17.9. The molecule has 6 heteroatoms. The molecule has 0 saturated carbocycles. The monoisotopic (exact) mass is 380 g/mol. The van der Waals surface area contributed by atoms with Gasteiger partial charge in [-0.05, 0) is 41.3 Å². The van der Waals surface area contributed by atoms with E-state index >= 15 is 0 Å². The molecule has 2 aromatic heterocycles. The van der Waals surface area contributed by atoms with Crippen LogP contribution in [0.5, 0.6) is 5.75 Å². The molecule has 2 aromatic carbocycles. The number of hydrogen-bond acceptors (Lipinski definition) is 5.